The predicted octanol–water partition coefficient (Wildman–Crippen LogP) is 1.88. The Labute approximate surface area is 90.6 Å². The molecule has 0 aliphatic heterocycles. The molecule has 0 aromatic heterocycles. The van der Waals surface area contributed by atoms with Gasteiger partial charge in [0.15, 0.2) is 0 Å². The van der Waals surface area contributed by atoms with Crippen molar-refractivity contribution in [2.45, 2.75) is 6.42 Å². The monoisotopic (exact) mass is 259 g/mol. The molecule has 0 bridgehead atoms. The minimum Gasteiger partial charge on any atom is -0.355 e. The number of hydrogen-bond acceptors (Lipinski definition) is 1. The second kappa shape index (κ2) is 5.75. The molecule has 0 aliphatic carbocycles. The molecule has 1 aromatic carbocycles. The molecule has 0 saturated heterocycles. The highest BCUT2D eigenvalue weighted by Crippen LogP contribution is 2.03. The zero-order valence-corrected chi connectivity index (χ0v) is 9.18. The molecule has 1 aromatic rings. The summed E-state index contributed by atoms with van der Waals surface area (Å²) in [6.07, 6.45) is 0.649. The lowest BCUT2D eigenvalue weighted by Gasteiger charge is -2.03. The van der Waals surface area contributed by atoms with Gasteiger partial charge in [0.1, 0.15) is 5.82 Å². The summed E-state index contributed by atoms with van der Waals surface area (Å²) in [7, 11) is 0. The third-order valence-electron chi connectivity index (χ3n) is 1.75. The Hall–Kier alpha value is -0.900. The normalized spacial score (nSPS) is 9.86. The molecule has 0 atom stereocenters. The van der Waals surface area contributed by atoms with Gasteiger partial charge in [-0.25, -0.2) is 4.39 Å². The number of alkyl halides is 1. The average molecular weight is 260 g/mol. The van der Waals surface area contributed by atoms with Gasteiger partial charge in [0.05, 0.1) is 5.33 Å². The molecule has 1 rings (SSSR count). The summed E-state index contributed by atoms with van der Waals surface area (Å²) in [4.78, 5) is 10.8. The number of carbonyl (C=O) groups is 1. The maximum atomic E-state index is 12.7. The van der Waals surface area contributed by atoms with E-state index >= 15 is 0 Å². The second-order valence-electron chi connectivity index (χ2n) is 2.86. The number of hydrogen-bond donors (Lipinski definition) is 1. The van der Waals surface area contributed by atoms with E-state index in [1.54, 1.807) is 6.07 Å². The molecule has 14 heavy (non-hydrogen) atoms. The molecule has 0 saturated carbocycles. The van der Waals surface area contributed by atoms with Crippen molar-refractivity contribution in [1.82, 2.24) is 5.32 Å². The zero-order chi connectivity index (χ0) is 10.4. The van der Waals surface area contributed by atoms with Crippen molar-refractivity contribution < 1.29 is 9.18 Å². The smallest absolute Gasteiger partial charge is 0.230 e. The number of amides is 1. The van der Waals surface area contributed by atoms with Crippen LogP contribution in [0.1, 0.15) is 5.56 Å². The fourth-order valence-corrected chi connectivity index (χ4v) is 1.28. The van der Waals surface area contributed by atoms with E-state index in [1.165, 1.54) is 12.1 Å². The molecule has 0 radical (unpaired) electrons. The summed E-state index contributed by atoms with van der Waals surface area (Å²) in [6.45, 7) is 0.536. The quantitative estimate of drug-likeness (QED) is 0.823. The van der Waals surface area contributed by atoms with Crippen molar-refractivity contribution in [3.05, 3.63) is 35.6 Å². The van der Waals surface area contributed by atoms with Crippen LogP contribution >= 0.6 is 15.9 Å². The molecule has 0 heterocycles. The van der Waals surface area contributed by atoms with Gasteiger partial charge in [-0.1, -0.05) is 28.1 Å². The average Bonchev–Trinajstić information content (AvgIpc) is 2.17. The minimum atomic E-state index is -0.241. The van der Waals surface area contributed by atoms with Crippen molar-refractivity contribution in [2.75, 3.05) is 11.9 Å². The number of carbonyl (C=O) groups excluding carboxylic acids is 1. The third-order valence-corrected chi connectivity index (χ3v) is 2.26. The van der Waals surface area contributed by atoms with Crippen LogP contribution in [0, 0.1) is 5.82 Å². The molecule has 0 spiro atoms. The van der Waals surface area contributed by atoms with Crippen molar-refractivity contribution >= 4 is 21.8 Å². The lowest BCUT2D eigenvalue weighted by atomic mass is 10.1. The highest BCUT2D eigenvalue weighted by molar-refractivity contribution is 9.09. The van der Waals surface area contributed by atoms with Gasteiger partial charge in [-0.3, -0.25) is 4.79 Å². The lowest BCUT2D eigenvalue weighted by Crippen LogP contribution is -2.26. The Balaban J connectivity index is 2.35. The van der Waals surface area contributed by atoms with E-state index in [2.05, 4.69) is 21.2 Å². The van der Waals surface area contributed by atoms with Crippen molar-refractivity contribution in [3.8, 4) is 0 Å². The maximum absolute atomic E-state index is 12.7. The van der Waals surface area contributed by atoms with E-state index in [4.69, 9.17) is 0 Å². The number of benzene rings is 1. The van der Waals surface area contributed by atoms with Gasteiger partial charge in [-0.05, 0) is 24.1 Å². The highest BCUT2D eigenvalue weighted by atomic mass is 79.9. The van der Waals surface area contributed by atoms with E-state index in [-0.39, 0.29) is 11.7 Å². The van der Waals surface area contributed by atoms with E-state index < -0.39 is 0 Å². The fourth-order valence-electron chi connectivity index (χ4n) is 1.09. The largest absolute Gasteiger partial charge is 0.355 e. The number of nitrogens with one attached hydrogen (secondary N) is 1. The summed E-state index contributed by atoms with van der Waals surface area (Å²) in [6, 6.07) is 6.38. The van der Waals surface area contributed by atoms with E-state index in [0.29, 0.717) is 18.3 Å². The van der Waals surface area contributed by atoms with Gasteiger partial charge in [0, 0.05) is 6.54 Å². The van der Waals surface area contributed by atoms with Crippen molar-refractivity contribution in [3.63, 3.8) is 0 Å². The second-order valence-corrected chi connectivity index (χ2v) is 3.42. The van der Waals surface area contributed by atoms with Gasteiger partial charge < -0.3 is 5.32 Å². The van der Waals surface area contributed by atoms with Crippen LogP contribution in [0.3, 0.4) is 0 Å². The Morgan fingerprint density at radius 3 is 2.93 bits per heavy atom. The first-order valence-electron chi connectivity index (χ1n) is 4.29. The summed E-state index contributed by atoms with van der Waals surface area (Å²) in [5, 5.41) is 2.99. The Bertz CT molecular complexity index is 317. The Kier molecular flexibility index (Phi) is 4.59. The van der Waals surface area contributed by atoms with Gasteiger partial charge in [0.2, 0.25) is 5.91 Å². The zero-order valence-electron chi connectivity index (χ0n) is 7.59. The highest BCUT2D eigenvalue weighted by Gasteiger charge is 1.98. The third kappa shape index (κ3) is 3.87. The van der Waals surface area contributed by atoms with Crippen LogP contribution in [-0.2, 0) is 11.2 Å². The van der Waals surface area contributed by atoms with E-state index in [9.17, 15) is 9.18 Å². The molecule has 0 fully saturated rings. The van der Waals surface area contributed by atoms with E-state index in [1.807, 2.05) is 6.07 Å². The van der Waals surface area contributed by atoms with Crippen molar-refractivity contribution in [1.29, 1.82) is 0 Å². The molecule has 0 aliphatic rings. The molecule has 0 unspecified atom stereocenters. The van der Waals surface area contributed by atoms with Gasteiger partial charge >= 0.3 is 0 Å². The molecule has 1 N–H and O–H groups in total. The van der Waals surface area contributed by atoms with E-state index in [0.717, 1.165) is 5.56 Å². The minimum absolute atomic E-state index is 0.0543. The first kappa shape index (κ1) is 11.2. The predicted molar refractivity (Wildman–Crippen MR) is 56.9 cm³/mol. The SMILES string of the molecule is O=C(CBr)NCCc1cccc(F)c1. The Morgan fingerprint density at radius 1 is 1.50 bits per heavy atom. The van der Waals surface area contributed by atoms with Crippen LogP contribution in [0.2, 0.25) is 0 Å². The van der Waals surface area contributed by atoms with Gasteiger partial charge in [-0.2, -0.15) is 0 Å². The first-order chi connectivity index (χ1) is 6.72. The summed E-state index contributed by atoms with van der Waals surface area (Å²) in [5.74, 6) is -0.296. The molecule has 2 nitrogen and oxygen atoms in total. The van der Waals surface area contributed by atoms with Gasteiger partial charge in [-0.15, -0.1) is 0 Å². The van der Waals surface area contributed by atoms with Crippen LogP contribution in [0.5, 0.6) is 0 Å². The molecular formula is C10H11BrFNO. The van der Waals surface area contributed by atoms with Gasteiger partial charge in [0.25, 0.3) is 0 Å². The van der Waals surface area contributed by atoms with Crippen LogP contribution in [0.4, 0.5) is 4.39 Å². The summed E-state index contributed by atoms with van der Waals surface area (Å²) < 4.78 is 12.7. The van der Waals surface area contributed by atoms with Crippen molar-refractivity contribution in [2.24, 2.45) is 0 Å². The first-order valence-corrected chi connectivity index (χ1v) is 5.41. The molecule has 1 amide bonds. The lowest BCUT2D eigenvalue weighted by molar-refractivity contribution is -0.118. The Morgan fingerprint density at radius 2 is 2.29 bits per heavy atom. The fraction of sp³-hybridized carbons (Fsp3) is 0.300. The maximum Gasteiger partial charge on any atom is 0.230 e. The van der Waals surface area contributed by atoms with Crippen LogP contribution in [-0.4, -0.2) is 17.8 Å². The number of rotatable bonds is 4. The summed E-state index contributed by atoms with van der Waals surface area (Å²) >= 11 is 3.04. The molecular weight excluding hydrogens is 249 g/mol. The standard InChI is InChI=1S/C10H11BrFNO/c11-7-10(14)13-5-4-8-2-1-3-9(12)6-8/h1-3,6H,4-5,7H2,(H,13,14). The topological polar surface area (TPSA) is 29.1 Å². The van der Waals surface area contributed by atoms with Crippen LogP contribution < -0.4 is 5.32 Å². The molecule has 4 heteroatoms. The molecule has 76 valence electrons. The van der Waals surface area contributed by atoms with Crippen LogP contribution in [0.15, 0.2) is 24.3 Å². The summed E-state index contributed by atoms with van der Waals surface area (Å²) in [5.41, 5.74) is 0.889. The number of halogens is 2. The van der Waals surface area contributed by atoms with Crippen LogP contribution in [0.25, 0.3) is 0 Å².